The Hall–Kier alpha value is -1.83. The predicted octanol–water partition coefficient (Wildman–Crippen LogP) is 3.51. The first-order valence-electron chi connectivity index (χ1n) is 6.63. The second-order valence-corrected chi connectivity index (χ2v) is 4.98. The van der Waals surface area contributed by atoms with Gasteiger partial charge in [0.2, 0.25) is 0 Å². The number of benzene rings is 2. The van der Waals surface area contributed by atoms with Crippen LogP contribution in [-0.4, -0.2) is 11.9 Å². The van der Waals surface area contributed by atoms with Crippen LogP contribution in [0.5, 0.6) is 0 Å². The number of fused-ring (bicyclic) bond motifs is 1. The van der Waals surface area contributed by atoms with E-state index in [0.29, 0.717) is 6.04 Å². The van der Waals surface area contributed by atoms with E-state index in [0.717, 1.165) is 29.2 Å². The van der Waals surface area contributed by atoms with Crippen molar-refractivity contribution in [2.45, 2.75) is 31.7 Å². The van der Waals surface area contributed by atoms with E-state index >= 15 is 0 Å². The van der Waals surface area contributed by atoms with Crippen LogP contribution >= 0.6 is 0 Å². The quantitative estimate of drug-likeness (QED) is 0.853. The first-order valence-corrected chi connectivity index (χ1v) is 6.63. The van der Waals surface area contributed by atoms with Gasteiger partial charge in [0.1, 0.15) is 0 Å². The number of hydrogen-bond donors (Lipinski definition) is 1. The van der Waals surface area contributed by atoms with E-state index in [4.69, 9.17) is 0 Å². The highest BCUT2D eigenvalue weighted by molar-refractivity contribution is 6.07. The highest BCUT2D eigenvalue weighted by atomic mass is 16.1. The molecule has 18 heavy (non-hydrogen) atoms. The zero-order valence-electron chi connectivity index (χ0n) is 10.4. The fraction of sp³-hybridized carbons (Fsp3) is 0.312. The average Bonchev–Trinajstić information content (AvgIpc) is 2.91. The van der Waals surface area contributed by atoms with Crippen LogP contribution in [0.2, 0.25) is 0 Å². The van der Waals surface area contributed by atoms with Crippen LogP contribution in [0.15, 0.2) is 42.5 Å². The van der Waals surface area contributed by atoms with E-state index in [1.165, 1.54) is 12.8 Å². The lowest BCUT2D eigenvalue weighted by atomic mass is 10.0. The van der Waals surface area contributed by atoms with E-state index in [1.54, 1.807) is 0 Å². The normalized spacial score (nSPS) is 16.0. The van der Waals surface area contributed by atoms with Crippen LogP contribution in [0.3, 0.4) is 0 Å². The third-order valence-corrected chi connectivity index (χ3v) is 3.72. The van der Waals surface area contributed by atoms with E-state index in [1.807, 2.05) is 42.5 Å². The maximum absolute atomic E-state index is 12.3. The average molecular weight is 239 g/mol. The zero-order valence-corrected chi connectivity index (χ0v) is 10.4. The number of carbonyl (C=O) groups excluding carboxylic acids is 1. The fourth-order valence-corrected chi connectivity index (χ4v) is 2.76. The van der Waals surface area contributed by atoms with Gasteiger partial charge in [-0.15, -0.1) is 0 Å². The Bertz CT molecular complexity index is 565. The summed E-state index contributed by atoms with van der Waals surface area (Å²) in [5.74, 6) is 0.0682. The molecular formula is C16H17NO. The Morgan fingerprint density at radius 3 is 2.56 bits per heavy atom. The van der Waals surface area contributed by atoms with E-state index < -0.39 is 0 Å². The monoisotopic (exact) mass is 239 g/mol. The van der Waals surface area contributed by atoms with Gasteiger partial charge in [-0.1, -0.05) is 49.2 Å². The summed E-state index contributed by atoms with van der Waals surface area (Å²) in [4.78, 5) is 12.3. The molecule has 0 aromatic heterocycles. The van der Waals surface area contributed by atoms with Gasteiger partial charge in [-0.3, -0.25) is 4.79 Å². The van der Waals surface area contributed by atoms with Crippen molar-refractivity contribution in [3.63, 3.8) is 0 Å². The molecule has 2 aromatic rings. The molecule has 1 saturated carbocycles. The van der Waals surface area contributed by atoms with Gasteiger partial charge in [0, 0.05) is 11.6 Å². The van der Waals surface area contributed by atoms with Crippen LogP contribution < -0.4 is 5.32 Å². The molecule has 0 radical (unpaired) electrons. The van der Waals surface area contributed by atoms with Gasteiger partial charge in [0.25, 0.3) is 5.91 Å². The van der Waals surface area contributed by atoms with Crippen molar-refractivity contribution in [2.75, 3.05) is 0 Å². The van der Waals surface area contributed by atoms with Crippen molar-refractivity contribution in [3.8, 4) is 0 Å². The third kappa shape index (κ3) is 2.10. The van der Waals surface area contributed by atoms with Crippen LogP contribution in [0.1, 0.15) is 36.0 Å². The van der Waals surface area contributed by atoms with Crippen molar-refractivity contribution in [3.05, 3.63) is 48.0 Å². The summed E-state index contributed by atoms with van der Waals surface area (Å²) >= 11 is 0. The minimum atomic E-state index is 0.0682. The summed E-state index contributed by atoms with van der Waals surface area (Å²) in [7, 11) is 0. The molecule has 2 nitrogen and oxygen atoms in total. The molecule has 1 aliphatic rings. The lowest BCUT2D eigenvalue weighted by Gasteiger charge is -2.13. The molecule has 0 heterocycles. The lowest BCUT2D eigenvalue weighted by molar-refractivity contribution is 0.0939. The maximum Gasteiger partial charge on any atom is 0.252 e. The Balaban J connectivity index is 1.91. The van der Waals surface area contributed by atoms with E-state index in [9.17, 15) is 4.79 Å². The van der Waals surface area contributed by atoms with Crippen molar-refractivity contribution >= 4 is 16.7 Å². The SMILES string of the molecule is O=C(NC1CCCC1)c1cccc2ccccc12. The maximum atomic E-state index is 12.3. The largest absolute Gasteiger partial charge is 0.349 e. The molecule has 0 atom stereocenters. The van der Waals surface area contributed by atoms with Gasteiger partial charge in [-0.25, -0.2) is 0 Å². The van der Waals surface area contributed by atoms with Crippen molar-refractivity contribution < 1.29 is 4.79 Å². The number of hydrogen-bond acceptors (Lipinski definition) is 1. The molecule has 92 valence electrons. The Kier molecular flexibility index (Phi) is 3.01. The summed E-state index contributed by atoms with van der Waals surface area (Å²) in [6.45, 7) is 0. The summed E-state index contributed by atoms with van der Waals surface area (Å²) in [6.07, 6.45) is 4.72. The number of carbonyl (C=O) groups is 1. The number of amides is 1. The number of rotatable bonds is 2. The van der Waals surface area contributed by atoms with Gasteiger partial charge in [-0.2, -0.15) is 0 Å². The standard InChI is InChI=1S/C16H17NO/c18-16(17-13-8-2-3-9-13)15-11-5-7-12-6-1-4-10-14(12)15/h1,4-7,10-11,13H,2-3,8-9H2,(H,17,18). The molecule has 2 aromatic carbocycles. The molecule has 1 aliphatic carbocycles. The van der Waals surface area contributed by atoms with Crippen LogP contribution in [0, 0.1) is 0 Å². The highest BCUT2D eigenvalue weighted by Gasteiger charge is 2.18. The molecule has 1 N–H and O–H groups in total. The van der Waals surface area contributed by atoms with Crippen LogP contribution in [0.4, 0.5) is 0 Å². The van der Waals surface area contributed by atoms with Crippen molar-refractivity contribution in [2.24, 2.45) is 0 Å². The van der Waals surface area contributed by atoms with Gasteiger partial charge in [0.05, 0.1) is 0 Å². The minimum absolute atomic E-state index is 0.0682. The van der Waals surface area contributed by atoms with Crippen LogP contribution in [-0.2, 0) is 0 Å². The summed E-state index contributed by atoms with van der Waals surface area (Å²) in [5.41, 5.74) is 0.792. The fourth-order valence-electron chi connectivity index (χ4n) is 2.76. The molecule has 0 saturated heterocycles. The smallest absolute Gasteiger partial charge is 0.252 e. The molecular weight excluding hydrogens is 222 g/mol. The second-order valence-electron chi connectivity index (χ2n) is 4.98. The predicted molar refractivity (Wildman–Crippen MR) is 73.7 cm³/mol. The Morgan fingerprint density at radius 2 is 1.72 bits per heavy atom. The van der Waals surface area contributed by atoms with Gasteiger partial charge in [0.15, 0.2) is 0 Å². The summed E-state index contributed by atoms with van der Waals surface area (Å²) < 4.78 is 0. The van der Waals surface area contributed by atoms with Crippen molar-refractivity contribution in [1.29, 1.82) is 0 Å². The molecule has 3 rings (SSSR count). The van der Waals surface area contributed by atoms with E-state index in [-0.39, 0.29) is 5.91 Å². The van der Waals surface area contributed by atoms with Gasteiger partial charge >= 0.3 is 0 Å². The molecule has 0 unspecified atom stereocenters. The number of nitrogens with one attached hydrogen (secondary N) is 1. The Labute approximate surface area is 107 Å². The van der Waals surface area contributed by atoms with Crippen LogP contribution in [0.25, 0.3) is 10.8 Å². The molecule has 0 spiro atoms. The molecule has 0 aliphatic heterocycles. The summed E-state index contributed by atoms with van der Waals surface area (Å²) in [6, 6.07) is 14.3. The minimum Gasteiger partial charge on any atom is -0.349 e. The van der Waals surface area contributed by atoms with Crippen molar-refractivity contribution in [1.82, 2.24) is 5.32 Å². The lowest BCUT2D eigenvalue weighted by Crippen LogP contribution is -2.32. The zero-order chi connectivity index (χ0) is 12.4. The second kappa shape index (κ2) is 4.81. The van der Waals surface area contributed by atoms with Gasteiger partial charge < -0.3 is 5.32 Å². The summed E-state index contributed by atoms with van der Waals surface area (Å²) in [5, 5.41) is 5.31. The molecule has 2 heteroatoms. The van der Waals surface area contributed by atoms with E-state index in [2.05, 4.69) is 5.32 Å². The Morgan fingerprint density at radius 1 is 1.00 bits per heavy atom. The first-order chi connectivity index (χ1) is 8.84. The topological polar surface area (TPSA) is 29.1 Å². The molecule has 0 bridgehead atoms. The molecule has 1 fully saturated rings. The first kappa shape index (κ1) is 11.3. The molecule has 1 amide bonds. The van der Waals surface area contributed by atoms with Gasteiger partial charge in [-0.05, 0) is 29.7 Å². The third-order valence-electron chi connectivity index (χ3n) is 3.72. The highest BCUT2D eigenvalue weighted by Crippen LogP contribution is 2.21.